The number of ether oxygens (including phenoxy) is 4. The van der Waals surface area contributed by atoms with Crippen molar-refractivity contribution in [1.82, 2.24) is 6.15 Å². The van der Waals surface area contributed by atoms with Crippen LogP contribution in [0.25, 0.3) is 0 Å². The third-order valence-corrected chi connectivity index (χ3v) is 1.01. The lowest BCUT2D eigenvalue weighted by molar-refractivity contribution is 0.0232. The Morgan fingerprint density at radius 3 is 1.62 bits per heavy atom. The molecule has 0 aliphatic carbocycles. The highest BCUT2D eigenvalue weighted by molar-refractivity contribution is 5.59. The smallest absolute Gasteiger partial charge is 0.432 e. The summed E-state index contributed by atoms with van der Waals surface area (Å²) in [5.41, 5.74) is 0. The van der Waals surface area contributed by atoms with Crippen LogP contribution >= 0.6 is 0 Å². The Balaban J connectivity index is 0. The zero-order valence-corrected chi connectivity index (χ0v) is 8.08. The Kier molecular flexibility index (Phi) is 12.6. The molecule has 0 aliphatic rings. The molecule has 6 heteroatoms. The molecule has 80 valence electrons. The van der Waals surface area contributed by atoms with Gasteiger partial charge in [-0.05, 0) is 0 Å². The van der Waals surface area contributed by atoms with Crippen LogP contribution < -0.4 is 6.15 Å². The molecule has 0 amide bonds. The third kappa shape index (κ3) is 11.1. The molecule has 13 heavy (non-hydrogen) atoms. The monoisotopic (exact) mass is 195 g/mol. The van der Waals surface area contributed by atoms with Gasteiger partial charge in [0.1, 0.15) is 13.2 Å². The topological polar surface area (TPSA) is 89.0 Å². The van der Waals surface area contributed by atoms with E-state index in [1.807, 2.05) is 0 Å². The quantitative estimate of drug-likeness (QED) is 0.493. The molecule has 0 aromatic heterocycles. The lowest BCUT2D eigenvalue weighted by Gasteiger charge is -2.04. The molecule has 0 spiro atoms. The normalized spacial score (nSPS) is 8.77. The number of carbonyl (C=O) groups is 1. The molecular formula is C7H17NO5. The van der Waals surface area contributed by atoms with Gasteiger partial charge in [0.15, 0.2) is 0 Å². The molecule has 0 atom stereocenters. The fourth-order valence-corrected chi connectivity index (χ4v) is 0.458. The first-order valence-corrected chi connectivity index (χ1v) is 3.58. The van der Waals surface area contributed by atoms with Crippen molar-refractivity contribution in [2.75, 3.05) is 40.6 Å². The van der Waals surface area contributed by atoms with Crippen LogP contribution in [0.5, 0.6) is 0 Å². The van der Waals surface area contributed by atoms with Crippen molar-refractivity contribution in [3.63, 3.8) is 0 Å². The second kappa shape index (κ2) is 11.2. The second-order valence-electron chi connectivity index (χ2n) is 1.93. The Hall–Kier alpha value is -0.850. The van der Waals surface area contributed by atoms with E-state index in [-0.39, 0.29) is 19.4 Å². The highest BCUT2D eigenvalue weighted by Crippen LogP contribution is 1.85. The summed E-state index contributed by atoms with van der Waals surface area (Å²) in [4.78, 5) is 10.6. The van der Waals surface area contributed by atoms with E-state index in [1.54, 1.807) is 0 Å². The van der Waals surface area contributed by atoms with Crippen LogP contribution in [-0.2, 0) is 18.9 Å². The molecule has 3 N–H and O–H groups in total. The lowest BCUT2D eigenvalue weighted by Crippen LogP contribution is -2.13. The van der Waals surface area contributed by atoms with Gasteiger partial charge in [-0.25, -0.2) is 4.79 Å². The van der Waals surface area contributed by atoms with Gasteiger partial charge in [-0.1, -0.05) is 0 Å². The number of carbonyl (C=O) groups excluding carboxylic acids is 1. The van der Waals surface area contributed by atoms with Gasteiger partial charge >= 0.3 is 6.16 Å². The summed E-state index contributed by atoms with van der Waals surface area (Å²) in [5.74, 6) is 0. The molecule has 0 aliphatic heterocycles. The van der Waals surface area contributed by atoms with Gasteiger partial charge in [0, 0.05) is 14.2 Å². The summed E-state index contributed by atoms with van der Waals surface area (Å²) >= 11 is 0. The lowest BCUT2D eigenvalue weighted by atomic mass is 10.8. The maximum absolute atomic E-state index is 10.6. The molecule has 0 radical (unpaired) electrons. The van der Waals surface area contributed by atoms with E-state index in [0.717, 1.165) is 0 Å². The number of hydrogen-bond donors (Lipinski definition) is 1. The van der Waals surface area contributed by atoms with E-state index in [1.165, 1.54) is 14.2 Å². The molecule has 0 unspecified atom stereocenters. The molecule has 0 bridgehead atoms. The zero-order chi connectivity index (χ0) is 9.23. The van der Waals surface area contributed by atoms with Crippen molar-refractivity contribution < 1.29 is 23.7 Å². The van der Waals surface area contributed by atoms with Gasteiger partial charge in [-0.3, -0.25) is 0 Å². The molecule has 6 nitrogen and oxygen atoms in total. The summed E-state index contributed by atoms with van der Waals surface area (Å²) in [7, 11) is 3.05. The number of rotatable bonds is 6. The fraction of sp³-hybridized carbons (Fsp3) is 0.857. The average Bonchev–Trinajstić information content (AvgIpc) is 2.06. The highest BCUT2D eigenvalue weighted by atomic mass is 16.7. The van der Waals surface area contributed by atoms with Crippen LogP contribution in [0, 0.1) is 0 Å². The predicted molar refractivity (Wildman–Crippen MR) is 46.1 cm³/mol. The van der Waals surface area contributed by atoms with Gasteiger partial charge in [-0.15, -0.1) is 0 Å². The van der Waals surface area contributed by atoms with E-state index in [2.05, 4.69) is 18.9 Å². The second-order valence-corrected chi connectivity index (χ2v) is 1.93. The molecule has 0 saturated heterocycles. The minimum Gasteiger partial charge on any atom is -0.432 e. The van der Waals surface area contributed by atoms with Crippen molar-refractivity contribution >= 4 is 6.16 Å². The van der Waals surface area contributed by atoms with Gasteiger partial charge in [-0.2, -0.15) is 0 Å². The zero-order valence-electron chi connectivity index (χ0n) is 8.08. The molecule has 0 rings (SSSR count). The van der Waals surface area contributed by atoms with Crippen molar-refractivity contribution in [2.24, 2.45) is 0 Å². The van der Waals surface area contributed by atoms with Crippen molar-refractivity contribution in [3.05, 3.63) is 0 Å². The molecule has 0 heterocycles. The van der Waals surface area contributed by atoms with Crippen LogP contribution in [0.1, 0.15) is 0 Å². The van der Waals surface area contributed by atoms with Crippen molar-refractivity contribution in [1.29, 1.82) is 0 Å². The Labute approximate surface area is 77.7 Å². The minimum atomic E-state index is -0.691. The summed E-state index contributed by atoms with van der Waals surface area (Å²) in [5, 5.41) is 0. The molecular weight excluding hydrogens is 178 g/mol. The van der Waals surface area contributed by atoms with Gasteiger partial charge < -0.3 is 25.1 Å². The highest BCUT2D eigenvalue weighted by Gasteiger charge is 2.01. The van der Waals surface area contributed by atoms with Gasteiger partial charge in [0.25, 0.3) is 0 Å². The Morgan fingerprint density at radius 2 is 1.31 bits per heavy atom. The van der Waals surface area contributed by atoms with E-state index in [0.29, 0.717) is 13.2 Å². The fourth-order valence-electron chi connectivity index (χ4n) is 0.458. The summed E-state index contributed by atoms with van der Waals surface area (Å²) in [6, 6.07) is 0. The maximum Gasteiger partial charge on any atom is 0.508 e. The Morgan fingerprint density at radius 1 is 0.923 bits per heavy atom. The minimum absolute atomic E-state index is 0. The first-order valence-electron chi connectivity index (χ1n) is 3.58. The number of hydrogen-bond acceptors (Lipinski definition) is 6. The van der Waals surface area contributed by atoms with Crippen LogP contribution in [-0.4, -0.2) is 46.8 Å². The van der Waals surface area contributed by atoms with Gasteiger partial charge in [0.2, 0.25) is 0 Å². The first-order chi connectivity index (χ1) is 5.81. The van der Waals surface area contributed by atoms with E-state index >= 15 is 0 Å². The largest absolute Gasteiger partial charge is 0.508 e. The molecule has 0 aromatic carbocycles. The van der Waals surface area contributed by atoms with Crippen molar-refractivity contribution in [2.45, 2.75) is 0 Å². The Bertz CT molecular complexity index is 107. The SMILES string of the molecule is COCCOC(=O)OCCOC.N. The molecule has 0 saturated carbocycles. The van der Waals surface area contributed by atoms with Crippen molar-refractivity contribution in [3.8, 4) is 0 Å². The summed E-state index contributed by atoms with van der Waals surface area (Å²) < 4.78 is 18.5. The predicted octanol–water partition coefficient (Wildman–Crippen LogP) is 0.594. The van der Waals surface area contributed by atoms with E-state index in [9.17, 15) is 4.79 Å². The van der Waals surface area contributed by atoms with Crippen LogP contribution in [0.15, 0.2) is 0 Å². The van der Waals surface area contributed by atoms with E-state index in [4.69, 9.17) is 0 Å². The van der Waals surface area contributed by atoms with Gasteiger partial charge in [0.05, 0.1) is 13.2 Å². The standard InChI is InChI=1S/C7H14O5.H3N/c1-9-3-5-11-7(8)12-6-4-10-2;/h3-6H2,1-2H3;1H3. The maximum atomic E-state index is 10.6. The number of methoxy groups -OCH3 is 2. The van der Waals surface area contributed by atoms with E-state index < -0.39 is 6.16 Å². The van der Waals surface area contributed by atoms with Crippen LogP contribution in [0.3, 0.4) is 0 Å². The van der Waals surface area contributed by atoms with Crippen LogP contribution in [0.2, 0.25) is 0 Å². The molecule has 0 aromatic rings. The third-order valence-electron chi connectivity index (χ3n) is 1.01. The first kappa shape index (κ1) is 14.7. The molecule has 0 fully saturated rings. The van der Waals surface area contributed by atoms with Crippen LogP contribution in [0.4, 0.5) is 4.79 Å². The summed E-state index contributed by atoms with van der Waals surface area (Å²) in [6.45, 7) is 1.17. The summed E-state index contributed by atoms with van der Waals surface area (Å²) in [6.07, 6.45) is -0.691. The average molecular weight is 195 g/mol.